The highest BCUT2D eigenvalue weighted by Gasteiger charge is 2.18. The van der Waals surface area contributed by atoms with Gasteiger partial charge in [0, 0.05) is 19.4 Å². The maximum absolute atomic E-state index is 11.0. The number of aromatic hydroxyl groups is 1. The molecule has 1 aromatic heterocycles. The third-order valence-corrected chi connectivity index (χ3v) is 3.08. The van der Waals surface area contributed by atoms with Gasteiger partial charge in [-0.1, -0.05) is 0 Å². The summed E-state index contributed by atoms with van der Waals surface area (Å²) in [7, 11) is 0. The van der Waals surface area contributed by atoms with Gasteiger partial charge in [0.25, 0.3) is 0 Å². The molecule has 0 aliphatic heterocycles. The van der Waals surface area contributed by atoms with Crippen LogP contribution < -0.4 is 9.88 Å². The molecule has 1 rings (SSSR count). The molecular weight excluding hydrogens is 276 g/mol. The number of nitrogens with zero attached hydrogens (tertiary/aromatic N) is 1. The van der Waals surface area contributed by atoms with Crippen molar-refractivity contribution in [3.63, 3.8) is 0 Å². The lowest BCUT2D eigenvalue weighted by molar-refractivity contribution is -0.706. The zero-order valence-corrected chi connectivity index (χ0v) is 12.0. The van der Waals surface area contributed by atoms with Crippen LogP contribution in [-0.2, 0) is 22.7 Å². The van der Waals surface area contributed by atoms with Crippen molar-refractivity contribution in [1.29, 1.82) is 0 Å². The van der Waals surface area contributed by atoms with Crippen LogP contribution in [0.15, 0.2) is 18.3 Å². The van der Waals surface area contributed by atoms with E-state index in [-0.39, 0.29) is 18.3 Å². The molecule has 1 amide bonds. The second-order valence-corrected chi connectivity index (χ2v) is 4.82. The zero-order valence-electron chi connectivity index (χ0n) is 12.0. The molecule has 4 N–H and O–H groups in total. The predicted molar refractivity (Wildman–Crippen MR) is 73.3 cm³/mol. The van der Waals surface area contributed by atoms with Crippen LogP contribution in [0.4, 0.5) is 0 Å². The van der Waals surface area contributed by atoms with Crippen LogP contribution >= 0.6 is 0 Å². The predicted octanol–water partition coefficient (Wildman–Crippen LogP) is -0.0684. The molecule has 1 aromatic rings. The van der Waals surface area contributed by atoms with Crippen molar-refractivity contribution in [2.24, 2.45) is 0 Å². The third kappa shape index (κ3) is 5.78. The van der Waals surface area contributed by atoms with Crippen molar-refractivity contribution in [2.45, 2.75) is 45.4 Å². The number of aliphatic carboxylic acids is 1. The number of hydrogen-bond acceptors (Lipinski definition) is 4. The summed E-state index contributed by atoms with van der Waals surface area (Å²) in [5.74, 6) is -1.31. The number of aliphatic hydroxyl groups excluding tert-OH is 1. The highest BCUT2D eigenvalue weighted by atomic mass is 16.4. The van der Waals surface area contributed by atoms with E-state index in [1.54, 1.807) is 10.6 Å². The summed E-state index contributed by atoms with van der Waals surface area (Å²) in [6.07, 6.45) is 3.13. The molecule has 1 atom stereocenters. The zero-order chi connectivity index (χ0) is 15.8. The molecule has 21 heavy (non-hydrogen) atoms. The number of carbonyl (C=O) groups is 2. The van der Waals surface area contributed by atoms with Crippen LogP contribution in [0, 0.1) is 0 Å². The Morgan fingerprint density at radius 3 is 2.62 bits per heavy atom. The smallest absolute Gasteiger partial charge is 0.326 e. The molecule has 0 aliphatic carbocycles. The van der Waals surface area contributed by atoms with Crippen LogP contribution in [-0.4, -0.2) is 33.2 Å². The van der Waals surface area contributed by atoms with E-state index >= 15 is 0 Å². The van der Waals surface area contributed by atoms with Gasteiger partial charge in [-0.05, 0) is 18.9 Å². The van der Waals surface area contributed by atoms with E-state index in [0.29, 0.717) is 31.5 Å². The SMILES string of the molecule is CC(=O)NC(CCCC[n+]1cc(O)ccc1CO)C(=O)O. The fourth-order valence-electron chi connectivity index (χ4n) is 2.05. The molecule has 7 nitrogen and oxygen atoms in total. The van der Waals surface area contributed by atoms with Crippen molar-refractivity contribution in [2.75, 3.05) is 0 Å². The van der Waals surface area contributed by atoms with Crippen LogP contribution in [0.2, 0.25) is 0 Å². The number of unbranched alkanes of at least 4 members (excludes halogenated alkanes) is 1. The average Bonchev–Trinajstić information content (AvgIpc) is 2.41. The Hall–Kier alpha value is -2.15. The molecule has 0 saturated carbocycles. The number of carboxylic acid groups (broad SMARTS) is 1. The van der Waals surface area contributed by atoms with Gasteiger partial charge in [0.2, 0.25) is 17.8 Å². The summed E-state index contributed by atoms with van der Waals surface area (Å²) >= 11 is 0. The van der Waals surface area contributed by atoms with Crippen LogP contribution in [0.3, 0.4) is 0 Å². The number of amides is 1. The number of nitrogens with one attached hydrogen (secondary N) is 1. The highest BCUT2D eigenvalue weighted by molar-refractivity contribution is 5.81. The molecule has 0 bridgehead atoms. The molecule has 116 valence electrons. The van der Waals surface area contributed by atoms with E-state index in [1.165, 1.54) is 19.2 Å². The quantitative estimate of drug-likeness (QED) is 0.396. The lowest BCUT2D eigenvalue weighted by atomic mass is 10.1. The summed E-state index contributed by atoms with van der Waals surface area (Å²) in [6, 6.07) is 2.25. The first-order chi connectivity index (χ1) is 9.93. The van der Waals surface area contributed by atoms with E-state index in [0.717, 1.165) is 0 Å². The fraction of sp³-hybridized carbons (Fsp3) is 0.500. The number of pyridine rings is 1. The van der Waals surface area contributed by atoms with E-state index in [1.807, 2.05) is 0 Å². The number of hydrogen-bond donors (Lipinski definition) is 4. The van der Waals surface area contributed by atoms with Gasteiger partial charge in [-0.25, -0.2) is 4.79 Å². The minimum Gasteiger partial charge on any atom is -0.503 e. The Balaban J connectivity index is 2.48. The molecule has 0 radical (unpaired) electrons. The number of aromatic nitrogens is 1. The summed E-state index contributed by atoms with van der Waals surface area (Å²) in [5, 5.41) is 30.0. The lowest BCUT2D eigenvalue weighted by Crippen LogP contribution is -2.40. The topological polar surface area (TPSA) is 111 Å². The fourth-order valence-corrected chi connectivity index (χ4v) is 2.05. The maximum Gasteiger partial charge on any atom is 0.326 e. The number of aryl methyl sites for hydroxylation is 1. The van der Waals surface area contributed by atoms with Crippen LogP contribution in [0.5, 0.6) is 5.75 Å². The van der Waals surface area contributed by atoms with Gasteiger partial charge < -0.3 is 20.6 Å². The van der Waals surface area contributed by atoms with Crippen LogP contribution in [0.1, 0.15) is 31.9 Å². The largest absolute Gasteiger partial charge is 0.503 e. The van der Waals surface area contributed by atoms with E-state index in [4.69, 9.17) is 5.11 Å². The van der Waals surface area contributed by atoms with Gasteiger partial charge in [-0.3, -0.25) is 4.79 Å². The van der Waals surface area contributed by atoms with Crippen molar-refractivity contribution in [3.05, 3.63) is 24.0 Å². The third-order valence-electron chi connectivity index (χ3n) is 3.08. The van der Waals surface area contributed by atoms with Crippen molar-refractivity contribution < 1.29 is 29.5 Å². The number of aliphatic hydroxyl groups is 1. The van der Waals surface area contributed by atoms with Gasteiger partial charge in [-0.15, -0.1) is 0 Å². The van der Waals surface area contributed by atoms with Crippen molar-refractivity contribution >= 4 is 11.9 Å². The highest BCUT2D eigenvalue weighted by Crippen LogP contribution is 2.07. The average molecular weight is 297 g/mol. The van der Waals surface area contributed by atoms with Gasteiger partial charge >= 0.3 is 5.97 Å². The molecule has 1 heterocycles. The normalized spacial score (nSPS) is 11.9. The first-order valence-electron chi connectivity index (χ1n) is 6.76. The molecule has 0 saturated heterocycles. The Kier molecular flexibility index (Phi) is 6.61. The van der Waals surface area contributed by atoms with Crippen molar-refractivity contribution in [3.8, 4) is 5.75 Å². The molecule has 7 heteroatoms. The summed E-state index contributed by atoms with van der Waals surface area (Å²) in [6.45, 7) is 1.70. The summed E-state index contributed by atoms with van der Waals surface area (Å²) in [5.41, 5.74) is 0.671. The standard InChI is InChI=1S/C14H20N2O5/c1-10(18)15-13(14(20)21)4-2-3-7-16-8-12(19)6-5-11(16)9-17/h5-6,8,13,17H,2-4,7,9H2,1H3,(H2-,15,18,19,20,21)/p+1. The number of carboxylic acids is 1. The van der Waals surface area contributed by atoms with E-state index in [2.05, 4.69) is 5.32 Å². The summed E-state index contributed by atoms with van der Waals surface area (Å²) < 4.78 is 1.73. The molecule has 0 spiro atoms. The molecule has 0 fully saturated rings. The second-order valence-electron chi connectivity index (χ2n) is 4.82. The lowest BCUT2D eigenvalue weighted by Gasteiger charge is -2.12. The first kappa shape index (κ1) is 16.9. The monoisotopic (exact) mass is 297 g/mol. The maximum atomic E-state index is 11.0. The van der Waals surface area contributed by atoms with Gasteiger partial charge in [0.05, 0.1) is 0 Å². The molecule has 0 aliphatic rings. The molecular formula is C14H21N2O5+. The minimum absolute atomic E-state index is 0.105. The minimum atomic E-state index is -1.05. The van der Waals surface area contributed by atoms with Gasteiger partial charge in [0.15, 0.2) is 5.75 Å². The number of carbonyl (C=O) groups excluding carboxylic acids is 1. The Labute approximate surface area is 122 Å². The van der Waals surface area contributed by atoms with E-state index in [9.17, 15) is 19.8 Å². The summed E-state index contributed by atoms with van der Waals surface area (Å²) in [4.78, 5) is 21.9. The Bertz CT molecular complexity index is 504. The first-order valence-corrected chi connectivity index (χ1v) is 6.76. The number of rotatable bonds is 8. The second kappa shape index (κ2) is 8.21. The van der Waals surface area contributed by atoms with Crippen LogP contribution in [0.25, 0.3) is 0 Å². The molecule has 1 unspecified atom stereocenters. The molecule has 0 aromatic carbocycles. The van der Waals surface area contributed by atoms with Gasteiger partial charge in [-0.2, -0.15) is 4.57 Å². The Morgan fingerprint density at radius 2 is 2.05 bits per heavy atom. The van der Waals surface area contributed by atoms with Crippen molar-refractivity contribution in [1.82, 2.24) is 5.32 Å². The van der Waals surface area contributed by atoms with Gasteiger partial charge in [0.1, 0.15) is 19.2 Å². The Morgan fingerprint density at radius 1 is 1.33 bits per heavy atom. The van der Waals surface area contributed by atoms with E-state index < -0.39 is 12.0 Å².